The molecule has 0 aromatic carbocycles. The smallest absolute Gasteiger partial charge is 0.00791 e. The van der Waals surface area contributed by atoms with Gasteiger partial charge >= 0.3 is 0 Å². The third-order valence-electron chi connectivity index (χ3n) is 2.45. The van der Waals surface area contributed by atoms with Crippen molar-refractivity contribution in [3.8, 4) is 0 Å². The van der Waals surface area contributed by atoms with Crippen molar-refractivity contribution in [2.45, 2.75) is 39.7 Å². The Morgan fingerprint density at radius 3 is 2.50 bits per heavy atom. The van der Waals surface area contributed by atoms with Crippen molar-refractivity contribution in [3.05, 3.63) is 0 Å². The maximum Gasteiger partial charge on any atom is 0.00791 e. The molecule has 0 spiro atoms. The predicted octanol–water partition coefficient (Wildman–Crippen LogP) is 2.13. The molecule has 1 atom stereocenters. The topological polar surface area (TPSA) is 3.24 Å². The summed E-state index contributed by atoms with van der Waals surface area (Å²) in [7, 11) is 0. The van der Waals surface area contributed by atoms with E-state index in [4.69, 9.17) is 0 Å². The molecule has 10 heavy (non-hydrogen) atoms. The Kier molecular flexibility index (Phi) is 2.72. The zero-order chi connectivity index (χ0) is 7.56. The Morgan fingerprint density at radius 1 is 1.50 bits per heavy atom. The summed E-state index contributed by atoms with van der Waals surface area (Å²) in [5.74, 6) is 0.868. The summed E-state index contributed by atoms with van der Waals surface area (Å²) in [6, 6.07) is 0.874. The average molecular weight is 141 g/mol. The van der Waals surface area contributed by atoms with Gasteiger partial charge in [-0.1, -0.05) is 13.8 Å². The lowest BCUT2D eigenvalue weighted by Crippen LogP contribution is -2.46. The zero-order valence-corrected chi connectivity index (χ0v) is 7.43. The van der Waals surface area contributed by atoms with Gasteiger partial charge in [-0.2, -0.15) is 0 Å². The van der Waals surface area contributed by atoms with Crippen molar-refractivity contribution < 1.29 is 0 Å². The molecule has 1 aliphatic rings. The standard InChI is InChI=1S/C9H19N/c1-8(2)4-6-10-7-5-9(10)3/h8-9H,4-7H2,1-3H3. The van der Waals surface area contributed by atoms with E-state index < -0.39 is 0 Å². The molecule has 1 aliphatic heterocycles. The van der Waals surface area contributed by atoms with E-state index in [1.54, 1.807) is 0 Å². The monoisotopic (exact) mass is 141 g/mol. The van der Waals surface area contributed by atoms with Gasteiger partial charge < -0.3 is 4.90 Å². The molecule has 1 nitrogen and oxygen atoms in total. The Balaban J connectivity index is 2.03. The van der Waals surface area contributed by atoms with Crippen LogP contribution in [-0.2, 0) is 0 Å². The molecule has 1 unspecified atom stereocenters. The number of nitrogens with zero attached hydrogens (tertiary/aromatic N) is 1. The van der Waals surface area contributed by atoms with Crippen LogP contribution in [0.15, 0.2) is 0 Å². The highest BCUT2D eigenvalue weighted by molar-refractivity contribution is 4.78. The van der Waals surface area contributed by atoms with Gasteiger partial charge in [0.15, 0.2) is 0 Å². The van der Waals surface area contributed by atoms with Crippen molar-refractivity contribution in [1.82, 2.24) is 4.90 Å². The first-order chi connectivity index (χ1) is 4.70. The van der Waals surface area contributed by atoms with E-state index in [0.29, 0.717) is 0 Å². The molecule has 0 amide bonds. The minimum Gasteiger partial charge on any atom is -0.301 e. The van der Waals surface area contributed by atoms with Gasteiger partial charge in [-0.3, -0.25) is 0 Å². The summed E-state index contributed by atoms with van der Waals surface area (Å²) in [4.78, 5) is 2.57. The van der Waals surface area contributed by atoms with E-state index in [1.165, 1.54) is 25.9 Å². The lowest BCUT2D eigenvalue weighted by Gasteiger charge is -2.39. The van der Waals surface area contributed by atoms with Gasteiger partial charge in [0.2, 0.25) is 0 Å². The molecule has 1 rings (SSSR count). The SMILES string of the molecule is CC(C)CCN1CCC1C. The summed E-state index contributed by atoms with van der Waals surface area (Å²) in [6.07, 6.45) is 2.78. The minimum atomic E-state index is 0.868. The quantitative estimate of drug-likeness (QED) is 0.582. The van der Waals surface area contributed by atoms with Crippen LogP contribution in [0.1, 0.15) is 33.6 Å². The summed E-state index contributed by atoms with van der Waals surface area (Å²) in [5, 5.41) is 0. The Morgan fingerprint density at radius 2 is 2.20 bits per heavy atom. The third kappa shape index (κ3) is 1.98. The van der Waals surface area contributed by atoms with Gasteiger partial charge in [-0.15, -0.1) is 0 Å². The van der Waals surface area contributed by atoms with Gasteiger partial charge in [-0.05, 0) is 38.8 Å². The molecule has 0 aromatic rings. The first kappa shape index (κ1) is 8.06. The van der Waals surface area contributed by atoms with Crippen LogP contribution in [0.4, 0.5) is 0 Å². The second-order valence-electron chi connectivity index (χ2n) is 3.86. The molecular weight excluding hydrogens is 122 g/mol. The van der Waals surface area contributed by atoms with Crippen molar-refractivity contribution in [1.29, 1.82) is 0 Å². The summed E-state index contributed by atoms with van der Waals surface area (Å²) >= 11 is 0. The molecule has 0 radical (unpaired) electrons. The van der Waals surface area contributed by atoms with Crippen LogP contribution in [0.5, 0.6) is 0 Å². The first-order valence-electron chi connectivity index (χ1n) is 4.44. The van der Waals surface area contributed by atoms with Crippen molar-refractivity contribution >= 4 is 0 Å². The number of likely N-dealkylation sites (tertiary alicyclic amines) is 1. The second-order valence-corrected chi connectivity index (χ2v) is 3.86. The Hall–Kier alpha value is -0.0400. The van der Waals surface area contributed by atoms with Crippen LogP contribution in [-0.4, -0.2) is 24.0 Å². The zero-order valence-electron chi connectivity index (χ0n) is 7.43. The predicted molar refractivity (Wildman–Crippen MR) is 45.1 cm³/mol. The van der Waals surface area contributed by atoms with E-state index in [1.807, 2.05) is 0 Å². The normalized spacial score (nSPS) is 27.0. The number of hydrogen-bond acceptors (Lipinski definition) is 1. The van der Waals surface area contributed by atoms with E-state index >= 15 is 0 Å². The summed E-state index contributed by atoms with van der Waals surface area (Å²) < 4.78 is 0. The molecule has 1 heterocycles. The van der Waals surface area contributed by atoms with Crippen molar-refractivity contribution in [3.63, 3.8) is 0 Å². The maximum atomic E-state index is 2.57. The van der Waals surface area contributed by atoms with Gasteiger partial charge in [-0.25, -0.2) is 0 Å². The molecule has 0 bridgehead atoms. The molecule has 1 heteroatoms. The Labute approximate surface area is 64.4 Å². The number of rotatable bonds is 3. The number of hydrogen-bond donors (Lipinski definition) is 0. The lowest BCUT2D eigenvalue weighted by atomic mass is 10.0. The van der Waals surface area contributed by atoms with Crippen molar-refractivity contribution in [2.24, 2.45) is 5.92 Å². The average Bonchev–Trinajstić information content (AvgIpc) is 1.84. The molecule has 1 saturated heterocycles. The van der Waals surface area contributed by atoms with Gasteiger partial charge in [0, 0.05) is 6.04 Å². The van der Waals surface area contributed by atoms with E-state index in [0.717, 1.165) is 12.0 Å². The van der Waals surface area contributed by atoms with E-state index in [9.17, 15) is 0 Å². The molecule has 0 saturated carbocycles. The third-order valence-corrected chi connectivity index (χ3v) is 2.45. The first-order valence-corrected chi connectivity index (χ1v) is 4.44. The fraction of sp³-hybridized carbons (Fsp3) is 1.00. The summed E-state index contributed by atoms with van der Waals surface area (Å²) in [5.41, 5.74) is 0. The minimum absolute atomic E-state index is 0.868. The Bertz CT molecular complexity index is 98.9. The van der Waals surface area contributed by atoms with Crippen molar-refractivity contribution in [2.75, 3.05) is 13.1 Å². The van der Waals surface area contributed by atoms with Crippen LogP contribution in [0.2, 0.25) is 0 Å². The van der Waals surface area contributed by atoms with Gasteiger partial charge in [0.1, 0.15) is 0 Å². The van der Waals surface area contributed by atoms with Gasteiger partial charge in [0.25, 0.3) is 0 Å². The van der Waals surface area contributed by atoms with Crippen LogP contribution in [0, 0.1) is 5.92 Å². The highest BCUT2D eigenvalue weighted by atomic mass is 15.2. The van der Waals surface area contributed by atoms with Gasteiger partial charge in [0.05, 0.1) is 0 Å². The molecule has 0 aliphatic carbocycles. The van der Waals surface area contributed by atoms with Crippen LogP contribution in [0.25, 0.3) is 0 Å². The largest absolute Gasteiger partial charge is 0.301 e. The van der Waals surface area contributed by atoms with E-state index in [2.05, 4.69) is 25.7 Å². The maximum absolute atomic E-state index is 2.57. The molecular formula is C9H19N. The lowest BCUT2D eigenvalue weighted by molar-refractivity contribution is 0.0986. The fourth-order valence-electron chi connectivity index (χ4n) is 1.33. The van der Waals surface area contributed by atoms with Crippen LogP contribution in [0.3, 0.4) is 0 Å². The van der Waals surface area contributed by atoms with Crippen LogP contribution < -0.4 is 0 Å². The molecule has 60 valence electrons. The fourth-order valence-corrected chi connectivity index (χ4v) is 1.33. The molecule has 1 fully saturated rings. The second kappa shape index (κ2) is 3.38. The highest BCUT2D eigenvalue weighted by Gasteiger charge is 2.22. The highest BCUT2D eigenvalue weighted by Crippen LogP contribution is 2.17. The summed E-state index contributed by atoms with van der Waals surface area (Å²) in [6.45, 7) is 9.57. The molecule has 0 aromatic heterocycles. The van der Waals surface area contributed by atoms with Crippen LogP contribution >= 0.6 is 0 Å². The molecule has 0 N–H and O–H groups in total. The van der Waals surface area contributed by atoms with E-state index in [-0.39, 0.29) is 0 Å².